The van der Waals surface area contributed by atoms with E-state index in [1.807, 2.05) is 27.7 Å². The van der Waals surface area contributed by atoms with Crippen LogP contribution in [-0.4, -0.2) is 45.2 Å². The Hall–Kier alpha value is -2.04. The molecule has 0 saturated carbocycles. The maximum Gasteiger partial charge on any atom is 0.272 e. The molecule has 0 aliphatic heterocycles. The first-order valence-electron chi connectivity index (χ1n) is 9.45. The summed E-state index contributed by atoms with van der Waals surface area (Å²) in [6.45, 7) is 12.8. The number of hydroxylamine groups is 1. The average Bonchev–Trinajstić information content (AvgIpc) is 2.91. The highest BCUT2D eigenvalue weighted by Crippen LogP contribution is 2.25. The van der Waals surface area contributed by atoms with E-state index in [0.29, 0.717) is 5.13 Å². The lowest BCUT2D eigenvalue weighted by Crippen LogP contribution is -2.55. The maximum atomic E-state index is 12.9. The third-order valence-electron chi connectivity index (χ3n) is 4.50. The van der Waals surface area contributed by atoms with Crippen molar-refractivity contribution in [3.05, 3.63) is 10.6 Å². The minimum absolute atomic E-state index is 0.00456. The van der Waals surface area contributed by atoms with Crippen molar-refractivity contribution in [2.24, 2.45) is 17.3 Å². The number of aliphatic hydroxyl groups excluding tert-OH is 1. The van der Waals surface area contributed by atoms with Gasteiger partial charge in [0.15, 0.2) is 5.13 Å². The van der Waals surface area contributed by atoms with Crippen LogP contribution < -0.4 is 16.1 Å². The Labute approximate surface area is 175 Å². The Morgan fingerprint density at radius 1 is 1.10 bits per heavy atom. The molecule has 29 heavy (non-hydrogen) atoms. The highest BCUT2D eigenvalue weighted by Gasteiger charge is 2.38. The number of aromatic nitrogens is 1. The molecule has 1 heterocycles. The predicted molar refractivity (Wildman–Crippen MR) is 110 cm³/mol. The molecular weight excluding hydrogens is 396 g/mol. The van der Waals surface area contributed by atoms with Gasteiger partial charge in [0.05, 0.1) is 11.6 Å². The van der Waals surface area contributed by atoms with Gasteiger partial charge in [0, 0.05) is 4.88 Å². The summed E-state index contributed by atoms with van der Waals surface area (Å²) in [5, 5.41) is 24.8. The van der Waals surface area contributed by atoms with Gasteiger partial charge in [0.2, 0.25) is 11.8 Å². The minimum Gasteiger partial charge on any atom is -0.382 e. The first-order chi connectivity index (χ1) is 13.3. The first-order valence-corrected chi connectivity index (χ1v) is 10.3. The number of aliphatic hydroxyl groups is 1. The Kier molecular flexibility index (Phi) is 8.73. The molecule has 0 saturated heterocycles. The molecule has 0 fully saturated rings. The summed E-state index contributed by atoms with van der Waals surface area (Å²) in [6.07, 6.45) is -1.54. The van der Waals surface area contributed by atoms with Crippen LogP contribution in [0.4, 0.5) is 5.13 Å². The van der Waals surface area contributed by atoms with Gasteiger partial charge in [-0.2, -0.15) is 0 Å². The minimum atomic E-state index is -1.74. The number of amides is 3. The smallest absolute Gasteiger partial charge is 0.272 e. The molecule has 164 valence electrons. The number of nitrogens with one attached hydrogen (secondary N) is 3. The Morgan fingerprint density at radius 3 is 2.10 bits per heavy atom. The van der Waals surface area contributed by atoms with E-state index in [2.05, 4.69) is 15.6 Å². The van der Waals surface area contributed by atoms with E-state index in [-0.39, 0.29) is 12.3 Å². The van der Waals surface area contributed by atoms with E-state index < -0.39 is 41.2 Å². The van der Waals surface area contributed by atoms with Crippen molar-refractivity contribution in [2.75, 3.05) is 5.32 Å². The van der Waals surface area contributed by atoms with Crippen LogP contribution in [0.5, 0.6) is 0 Å². The van der Waals surface area contributed by atoms with Crippen molar-refractivity contribution in [1.29, 1.82) is 0 Å². The quantitative estimate of drug-likeness (QED) is 0.316. The second-order valence-electron chi connectivity index (χ2n) is 8.61. The predicted octanol–water partition coefficient (Wildman–Crippen LogP) is 1.76. The molecule has 0 bridgehead atoms. The second kappa shape index (κ2) is 10.1. The monoisotopic (exact) mass is 428 g/mol. The summed E-state index contributed by atoms with van der Waals surface area (Å²) in [7, 11) is 0. The summed E-state index contributed by atoms with van der Waals surface area (Å²) in [4.78, 5) is 42.7. The molecule has 1 aromatic heterocycles. The highest BCUT2D eigenvalue weighted by atomic mass is 32.1. The van der Waals surface area contributed by atoms with E-state index in [4.69, 9.17) is 5.21 Å². The highest BCUT2D eigenvalue weighted by molar-refractivity contribution is 7.15. The van der Waals surface area contributed by atoms with Crippen LogP contribution in [0, 0.1) is 31.1 Å². The molecule has 3 amide bonds. The van der Waals surface area contributed by atoms with Crippen LogP contribution in [0.15, 0.2) is 0 Å². The van der Waals surface area contributed by atoms with Crippen LogP contribution in [-0.2, 0) is 14.4 Å². The number of thiazole rings is 1. The van der Waals surface area contributed by atoms with E-state index in [9.17, 15) is 19.5 Å². The van der Waals surface area contributed by atoms with E-state index in [1.54, 1.807) is 20.8 Å². The van der Waals surface area contributed by atoms with Crippen molar-refractivity contribution < 1.29 is 24.7 Å². The second-order valence-corrected chi connectivity index (χ2v) is 9.82. The van der Waals surface area contributed by atoms with Crippen LogP contribution in [0.25, 0.3) is 0 Å². The zero-order valence-corrected chi connectivity index (χ0v) is 18.8. The molecule has 0 aliphatic carbocycles. The summed E-state index contributed by atoms with van der Waals surface area (Å²) in [5.41, 5.74) is 1.54. The van der Waals surface area contributed by atoms with Gasteiger partial charge in [-0.25, -0.2) is 10.5 Å². The van der Waals surface area contributed by atoms with Crippen molar-refractivity contribution in [3.63, 3.8) is 0 Å². The Morgan fingerprint density at radius 2 is 1.69 bits per heavy atom. The number of carbonyl (C=O) groups excluding carboxylic acids is 3. The summed E-state index contributed by atoms with van der Waals surface area (Å²) in [5.74, 6) is -3.28. The number of rotatable bonds is 8. The van der Waals surface area contributed by atoms with E-state index in [0.717, 1.165) is 10.6 Å². The lowest BCUT2D eigenvalue weighted by Gasteiger charge is -2.32. The molecule has 9 nitrogen and oxygen atoms in total. The topological polar surface area (TPSA) is 141 Å². The van der Waals surface area contributed by atoms with Crippen molar-refractivity contribution in [3.8, 4) is 0 Å². The SMILES string of the molecule is Cc1nc(NC(=O)C(NC(=O)[C@H](CC(C)C)[C@H](O)C(=O)NO)C(C)(C)C)sc1C. The standard InChI is InChI=1S/C19H32N4O5S/c1-9(2)8-12(13(24)16(26)23-28)15(25)21-14(19(5,6)7)17(27)22-18-20-10(3)11(4)29-18/h9,12-14,24,28H,8H2,1-7H3,(H,21,25)(H,23,26)(H,20,22,27)/t12-,13+,14?/m1/s1. The van der Waals surface area contributed by atoms with Crippen molar-refractivity contribution in [2.45, 2.75) is 67.0 Å². The third-order valence-corrected chi connectivity index (χ3v) is 5.48. The fourth-order valence-corrected chi connectivity index (χ4v) is 3.58. The number of nitrogens with zero attached hydrogens (tertiary/aromatic N) is 1. The van der Waals surface area contributed by atoms with Crippen LogP contribution in [0.2, 0.25) is 0 Å². The van der Waals surface area contributed by atoms with Gasteiger partial charge in [-0.1, -0.05) is 34.6 Å². The largest absolute Gasteiger partial charge is 0.382 e. The fraction of sp³-hybridized carbons (Fsp3) is 0.684. The molecule has 5 N–H and O–H groups in total. The Balaban J connectivity index is 3.06. The summed E-state index contributed by atoms with van der Waals surface area (Å²) in [6, 6.07) is -0.932. The molecule has 1 aromatic rings. The van der Waals surface area contributed by atoms with E-state index in [1.165, 1.54) is 16.8 Å². The van der Waals surface area contributed by atoms with Gasteiger partial charge >= 0.3 is 0 Å². The van der Waals surface area contributed by atoms with Gasteiger partial charge in [-0.3, -0.25) is 19.6 Å². The van der Waals surface area contributed by atoms with Crippen LogP contribution in [0.1, 0.15) is 51.6 Å². The van der Waals surface area contributed by atoms with Gasteiger partial charge in [0.1, 0.15) is 12.1 Å². The van der Waals surface area contributed by atoms with E-state index >= 15 is 0 Å². The summed E-state index contributed by atoms with van der Waals surface area (Å²) >= 11 is 1.34. The number of anilines is 1. The van der Waals surface area contributed by atoms with Gasteiger partial charge in [-0.15, -0.1) is 11.3 Å². The van der Waals surface area contributed by atoms with Gasteiger partial charge in [-0.05, 0) is 31.6 Å². The molecular formula is C19H32N4O5S. The number of hydrogen-bond acceptors (Lipinski definition) is 7. The zero-order valence-electron chi connectivity index (χ0n) is 18.0. The van der Waals surface area contributed by atoms with Crippen molar-refractivity contribution >= 4 is 34.2 Å². The van der Waals surface area contributed by atoms with Crippen LogP contribution >= 0.6 is 11.3 Å². The summed E-state index contributed by atoms with van der Waals surface area (Å²) < 4.78 is 0. The molecule has 0 aromatic carbocycles. The van der Waals surface area contributed by atoms with Crippen LogP contribution in [0.3, 0.4) is 0 Å². The number of aryl methyl sites for hydroxylation is 2. The molecule has 0 aliphatic rings. The molecule has 10 heteroatoms. The van der Waals surface area contributed by atoms with Crippen molar-refractivity contribution in [1.82, 2.24) is 15.8 Å². The zero-order chi connectivity index (χ0) is 22.5. The Bertz CT molecular complexity index is 722. The fourth-order valence-electron chi connectivity index (χ4n) is 2.76. The normalized spacial score (nSPS) is 14.8. The maximum absolute atomic E-state index is 12.9. The molecule has 0 radical (unpaired) electrons. The van der Waals surface area contributed by atoms with Gasteiger partial charge < -0.3 is 15.7 Å². The molecule has 3 atom stereocenters. The molecule has 1 unspecified atom stereocenters. The lowest BCUT2D eigenvalue weighted by atomic mass is 9.84. The number of carbonyl (C=O) groups is 3. The first kappa shape index (κ1) is 25.0. The molecule has 0 spiro atoms. The van der Waals surface area contributed by atoms with Gasteiger partial charge in [0.25, 0.3) is 5.91 Å². The lowest BCUT2D eigenvalue weighted by molar-refractivity contribution is -0.147. The third kappa shape index (κ3) is 7.06. The number of hydrogen-bond donors (Lipinski definition) is 5. The average molecular weight is 429 g/mol. The molecule has 1 rings (SSSR count).